The molecule has 30 heavy (non-hydrogen) atoms. The van der Waals surface area contributed by atoms with Crippen molar-refractivity contribution in [1.82, 2.24) is 0 Å². The fourth-order valence-corrected chi connectivity index (χ4v) is 4.28. The minimum atomic E-state index is -3.81. The third-order valence-corrected chi connectivity index (χ3v) is 5.75. The summed E-state index contributed by atoms with van der Waals surface area (Å²) >= 11 is 0. The number of methoxy groups -OCH3 is 1. The van der Waals surface area contributed by atoms with Crippen LogP contribution in [-0.4, -0.2) is 46.3 Å². The van der Waals surface area contributed by atoms with Gasteiger partial charge in [-0.05, 0) is 24.3 Å². The third kappa shape index (κ3) is 4.29. The molecular weight excluding hydrogens is 420 g/mol. The van der Waals surface area contributed by atoms with Crippen molar-refractivity contribution in [3.63, 3.8) is 0 Å². The van der Waals surface area contributed by atoms with Crippen molar-refractivity contribution in [2.24, 2.45) is 0 Å². The molecule has 160 valence electrons. The Morgan fingerprint density at radius 2 is 1.93 bits per heavy atom. The van der Waals surface area contributed by atoms with E-state index in [0.29, 0.717) is 0 Å². The van der Waals surface area contributed by atoms with Crippen LogP contribution in [0.2, 0.25) is 0 Å². The van der Waals surface area contributed by atoms with E-state index >= 15 is 0 Å². The largest absolute Gasteiger partial charge is 0.457 e. The zero-order chi connectivity index (χ0) is 22.1. The van der Waals surface area contributed by atoms with Crippen LogP contribution in [0.15, 0.2) is 35.2 Å². The summed E-state index contributed by atoms with van der Waals surface area (Å²) < 4.78 is 69.1. The molecule has 0 saturated carbocycles. The van der Waals surface area contributed by atoms with Gasteiger partial charge < -0.3 is 19.3 Å². The second-order valence-corrected chi connectivity index (χ2v) is 8.71. The topological polar surface area (TPSA) is 106 Å². The predicted molar refractivity (Wildman–Crippen MR) is 101 cm³/mol. The van der Waals surface area contributed by atoms with Crippen LogP contribution in [0.5, 0.6) is 11.5 Å². The lowest BCUT2D eigenvalue weighted by Crippen LogP contribution is -2.18. The van der Waals surface area contributed by atoms with Gasteiger partial charge in [-0.25, -0.2) is 17.2 Å². The molecule has 2 aromatic carbocycles. The van der Waals surface area contributed by atoms with Gasteiger partial charge in [0, 0.05) is 30.6 Å². The molecule has 0 radical (unpaired) electrons. The van der Waals surface area contributed by atoms with E-state index < -0.39 is 34.0 Å². The molecule has 1 aliphatic carbocycles. The number of benzene rings is 2. The van der Waals surface area contributed by atoms with Gasteiger partial charge in [-0.15, -0.1) is 0 Å². The zero-order valence-electron chi connectivity index (χ0n) is 16.1. The van der Waals surface area contributed by atoms with E-state index in [2.05, 4.69) is 0 Å². The summed E-state index contributed by atoms with van der Waals surface area (Å²) in [5, 5.41) is 19.4. The molecule has 0 bridgehead atoms. The van der Waals surface area contributed by atoms with E-state index in [1.165, 1.54) is 25.3 Å². The molecular formula is C20H19F2NO6S. The summed E-state index contributed by atoms with van der Waals surface area (Å²) in [7, 11) is -2.37. The van der Waals surface area contributed by atoms with Crippen LogP contribution in [-0.2, 0) is 19.3 Å². The lowest BCUT2D eigenvalue weighted by molar-refractivity contribution is -0.0507. The average molecular weight is 439 g/mol. The molecule has 0 unspecified atom stereocenters. The van der Waals surface area contributed by atoms with Crippen LogP contribution in [0.1, 0.15) is 28.9 Å². The van der Waals surface area contributed by atoms with Crippen molar-refractivity contribution in [2.75, 3.05) is 26.6 Å². The van der Waals surface area contributed by atoms with Crippen molar-refractivity contribution in [1.29, 1.82) is 5.26 Å². The summed E-state index contributed by atoms with van der Waals surface area (Å²) in [5.74, 6) is -0.786. The Balaban J connectivity index is 2.14. The van der Waals surface area contributed by atoms with Gasteiger partial charge in [0.2, 0.25) is 0 Å². The molecule has 0 aromatic heterocycles. The first-order valence-corrected chi connectivity index (χ1v) is 10.7. The van der Waals surface area contributed by atoms with Crippen LogP contribution < -0.4 is 4.74 Å². The Labute approximate surface area is 172 Å². The number of fused-ring (bicyclic) bond motifs is 1. The van der Waals surface area contributed by atoms with Gasteiger partial charge in [0.15, 0.2) is 16.0 Å². The lowest BCUT2D eigenvalue weighted by Gasteiger charge is -2.19. The number of ether oxygens (including phenoxy) is 3. The molecule has 7 nitrogen and oxygen atoms in total. The van der Waals surface area contributed by atoms with E-state index in [0.717, 1.165) is 18.4 Å². The van der Waals surface area contributed by atoms with Gasteiger partial charge in [0.05, 0.1) is 29.7 Å². The molecule has 0 spiro atoms. The van der Waals surface area contributed by atoms with Crippen LogP contribution >= 0.6 is 0 Å². The van der Waals surface area contributed by atoms with Crippen molar-refractivity contribution >= 4 is 9.84 Å². The number of halogens is 2. The van der Waals surface area contributed by atoms with Gasteiger partial charge in [-0.1, -0.05) is 0 Å². The van der Waals surface area contributed by atoms with Gasteiger partial charge >= 0.3 is 0 Å². The molecule has 0 amide bonds. The molecule has 10 heteroatoms. The molecule has 0 fully saturated rings. The molecule has 0 aliphatic heterocycles. The van der Waals surface area contributed by atoms with Crippen molar-refractivity contribution in [3.05, 3.63) is 52.8 Å². The van der Waals surface area contributed by atoms with Gasteiger partial charge in [-0.2, -0.15) is 5.26 Å². The standard InChI is InChI=1S/C20H19F2NO6S/c1-27-5-6-28-20-16-14(29-13-8-11(10-23)7-12(21)9-13)3-4-15(30(2,25)26)17(16)19(24)18(20)22/h3-4,7-9,18-20,24H,5-6H2,1-2H3/t18-,19-,20+/m0/s1. The predicted octanol–water partition coefficient (Wildman–Crippen LogP) is 2.98. The Hall–Kier alpha value is -2.58. The molecule has 3 rings (SSSR count). The van der Waals surface area contributed by atoms with E-state index in [-0.39, 0.29) is 46.3 Å². The molecule has 3 atom stereocenters. The number of sulfone groups is 1. The molecule has 1 aliphatic rings. The zero-order valence-corrected chi connectivity index (χ0v) is 16.9. The summed E-state index contributed by atoms with van der Waals surface area (Å²) in [4.78, 5) is -0.255. The van der Waals surface area contributed by atoms with Gasteiger partial charge in [0.1, 0.15) is 29.5 Å². The molecule has 1 N–H and O–H groups in total. The first-order chi connectivity index (χ1) is 14.2. The number of aliphatic hydroxyl groups is 1. The van der Waals surface area contributed by atoms with Gasteiger partial charge in [-0.3, -0.25) is 0 Å². The second-order valence-electron chi connectivity index (χ2n) is 6.72. The average Bonchev–Trinajstić information content (AvgIpc) is 2.93. The Morgan fingerprint density at radius 1 is 1.20 bits per heavy atom. The molecule has 0 heterocycles. The fourth-order valence-electron chi connectivity index (χ4n) is 3.34. The number of nitriles is 1. The number of nitrogens with zero attached hydrogens (tertiary/aromatic N) is 1. The van der Waals surface area contributed by atoms with E-state index in [1.807, 2.05) is 0 Å². The van der Waals surface area contributed by atoms with Crippen LogP contribution in [0.3, 0.4) is 0 Å². The third-order valence-electron chi connectivity index (χ3n) is 4.59. The van der Waals surface area contributed by atoms with Crippen LogP contribution in [0.4, 0.5) is 8.78 Å². The SMILES string of the molecule is COCCO[C@@H]1c2c(Oc3cc(F)cc(C#N)c3)ccc(S(C)(=O)=O)c2[C@H](O)[C@@H]1F. The number of aliphatic hydroxyl groups excluding tert-OH is 1. The normalized spacial score (nSPS) is 20.6. The Morgan fingerprint density at radius 3 is 2.57 bits per heavy atom. The molecule has 0 saturated heterocycles. The number of alkyl halides is 1. The summed E-state index contributed by atoms with van der Waals surface area (Å²) in [6.07, 6.45) is -4.10. The highest BCUT2D eigenvalue weighted by Crippen LogP contribution is 2.50. The van der Waals surface area contributed by atoms with E-state index in [9.17, 15) is 22.3 Å². The monoisotopic (exact) mass is 439 g/mol. The van der Waals surface area contributed by atoms with E-state index in [1.54, 1.807) is 6.07 Å². The highest BCUT2D eigenvalue weighted by molar-refractivity contribution is 7.90. The van der Waals surface area contributed by atoms with Crippen LogP contribution in [0, 0.1) is 17.1 Å². The Kier molecular flexibility index (Phi) is 6.38. The summed E-state index contributed by atoms with van der Waals surface area (Å²) in [6.45, 7) is 0.126. The maximum Gasteiger partial charge on any atom is 0.175 e. The number of rotatable bonds is 7. The van der Waals surface area contributed by atoms with Crippen LogP contribution in [0.25, 0.3) is 0 Å². The first kappa shape index (κ1) is 22.1. The lowest BCUT2D eigenvalue weighted by atomic mass is 10.1. The summed E-state index contributed by atoms with van der Waals surface area (Å²) in [6, 6.07) is 7.58. The smallest absolute Gasteiger partial charge is 0.175 e. The number of hydrogen-bond acceptors (Lipinski definition) is 7. The maximum absolute atomic E-state index is 14.9. The minimum Gasteiger partial charge on any atom is -0.457 e. The van der Waals surface area contributed by atoms with Gasteiger partial charge in [0.25, 0.3) is 0 Å². The van der Waals surface area contributed by atoms with Crippen molar-refractivity contribution in [3.8, 4) is 17.6 Å². The highest BCUT2D eigenvalue weighted by Gasteiger charge is 2.46. The summed E-state index contributed by atoms with van der Waals surface area (Å²) in [5.41, 5.74) is -0.149. The molecule has 2 aromatic rings. The van der Waals surface area contributed by atoms with Crippen molar-refractivity contribution in [2.45, 2.75) is 23.3 Å². The fraction of sp³-hybridized carbons (Fsp3) is 0.350. The minimum absolute atomic E-state index is 0.00528. The first-order valence-electron chi connectivity index (χ1n) is 8.85. The highest BCUT2D eigenvalue weighted by atomic mass is 32.2. The van der Waals surface area contributed by atoms with Crippen molar-refractivity contribution < 1.29 is 36.5 Å². The number of hydrogen-bond donors (Lipinski definition) is 1. The second kappa shape index (κ2) is 8.65. The van der Waals surface area contributed by atoms with E-state index in [4.69, 9.17) is 19.5 Å². The quantitative estimate of drug-likeness (QED) is 0.661. The Bertz CT molecular complexity index is 1100. The maximum atomic E-state index is 14.9.